The van der Waals surface area contributed by atoms with Gasteiger partial charge < -0.3 is 14.5 Å². The molecular weight excluding hydrogens is 416 g/mol. The summed E-state index contributed by atoms with van der Waals surface area (Å²) in [5.74, 6) is 2.26. The van der Waals surface area contributed by atoms with Crippen molar-refractivity contribution >= 4 is 0 Å². The lowest BCUT2D eigenvalue weighted by Gasteiger charge is -2.32. The molecule has 33 heavy (non-hydrogen) atoms. The van der Waals surface area contributed by atoms with Crippen LogP contribution in [0.4, 0.5) is 0 Å². The summed E-state index contributed by atoms with van der Waals surface area (Å²) in [4.78, 5) is 26.6. The maximum Gasteiger partial charge on any atom is 0.251 e. The molecule has 1 unspecified atom stereocenters. The minimum atomic E-state index is -0.134. The minimum Gasteiger partial charge on any atom is -0.493 e. The molecule has 3 heterocycles. The smallest absolute Gasteiger partial charge is 0.251 e. The third kappa shape index (κ3) is 5.31. The third-order valence-electron chi connectivity index (χ3n) is 6.01. The van der Waals surface area contributed by atoms with E-state index in [1.165, 1.54) is 5.56 Å². The minimum absolute atomic E-state index is 0.134. The number of allylic oxidation sites excluding steroid dienone is 1. The van der Waals surface area contributed by atoms with Crippen LogP contribution < -0.4 is 15.0 Å². The lowest BCUT2D eigenvalue weighted by molar-refractivity contribution is 0.198. The molecule has 7 heteroatoms. The highest BCUT2D eigenvalue weighted by Gasteiger charge is 2.24. The number of aromatic nitrogens is 3. The van der Waals surface area contributed by atoms with Gasteiger partial charge in [-0.15, -0.1) is 6.58 Å². The number of rotatable bonds is 8. The van der Waals surface area contributed by atoms with Crippen LogP contribution in [0.5, 0.6) is 11.5 Å². The predicted molar refractivity (Wildman–Crippen MR) is 129 cm³/mol. The predicted octanol–water partition coefficient (Wildman–Crippen LogP) is 3.96. The molecule has 0 saturated carbocycles. The van der Waals surface area contributed by atoms with Crippen LogP contribution in [-0.2, 0) is 13.0 Å². The van der Waals surface area contributed by atoms with Gasteiger partial charge in [0.15, 0.2) is 11.5 Å². The average Bonchev–Trinajstić information content (AvgIpc) is 2.84. The van der Waals surface area contributed by atoms with E-state index < -0.39 is 0 Å². The highest BCUT2D eigenvalue weighted by atomic mass is 16.5. The number of aromatic amines is 1. The van der Waals surface area contributed by atoms with Crippen LogP contribution in [0.25, 0.3) is 11.4 Å². The Labute approximate surface area is 194 Å². The first-order valence-corrected chi connectivity index (χ1v) is 11.2. The van der Waals surface area contributed by atoms with Gasteiger partial charge in [0, 0.05) is 48.6 Å². The van der Waals surface area contributed by atoms with E-state index in [0.717, 1.165) is 60.8 Å². The number of pyridine rings is 1. The first-order valence-electron chi connectivity index (χ1n) is 11.2. The Morgan fingerprint density at radius 3 is 2.88 bits per heavy atom. The maximum absolute atomic E-state index is 12.4. The fourth-order valence-corrected chi connectivity index (χ4v) is 4.53. The number of hydrogen-bond acceptors (Lipinski definition) is 6. The molecule has 1 saturated heterocycles. The van der Waals surface area contributed by atoms with E-state index in [1.54, 1.807) is 32.7 Å². The van der Waals surface area contributed by atoms with Crippen molar-refractivity contribution in [2.24, 2.45) is 0 Å². The Bertz CT molecular complexity index is 1160. The molecule has 1 aliphatic rings. The van der Waals surface area contributed by atoms with Crippen LogP contribution in [-0.4, -0.2) is 47.2 Å². The van der Waals surface area contributed by atoms with E-state index in [-0.39, 0.29) is 11.5 Å². The van der Waals surface area contributed by atoms with Gasteiger partial charge in [-0.05, 0) is 49.6 Å². The Kier molecular flexibility index (Phi) is 7.19. The Hall–Kier alpha value is -3.45. The number of nitrogens with one attached hydrogen (secondary N) is 1. The summed E-state index contributed by atoms with van der Waals surface area (Å²) in [7, 11) is 3.32. The molecule has 7 nitrogen and oxygen atoms in total. The van der Waals surface area contributed by atoms with E-state index in [4.69, 9.17) is 14.5 Å². The number of likely N-dealkylation sites (tertiary alicyclic amines) is 1. The zero-order chi connectivity index (χ0) is 23.2. The Balaban J connectivity index is 1.55. The first kappa shape index (κ1) is 22.7. The SMILES string of the molecule is C=CCc1cc(CN2CCCC(c3cc(=O)[nH]c(-c4cccnc4)n3)C2)cc(OC)c1OC. The second-order valence-corrected chi connectivity index (χ2v) is 8.32. The second-order valence-electron chi connectivity index (χ2n) is 8.32. The normalized spacial score (nSPS) is 16.4. The maximum atomic E-state index is 12.4. The van der Waals surface area contributed by atoms with Crippen LogP contribution in [0, 0.1) is 0 Å². The lowest BCUT2D eigenvalue weighted by atomic mass is 9.93. The number of methoxy groups -OCH3 is 2. The van der Waals surface area contributed by atoms with Crippen LogP contribution >= 0.6 is 0 Å². The number of ether oxygens (including phenoxy) is 2. The van der Waals surface area contributed by atoms with E-state index in [9.17, 15) is 4.79 Å². The van der Waals surface area contributed by atoms with E-state index in [1.807, 2.05) is 24.3 Å². The second kappa shape index (κ2) is 10.4. The molecule has 0 spiro atoms. The summed E-state index contributed by atoms with van der Waals surface area (Å²) in [5, 5.41) is 0. The van der Waals surface area contributed by atoms with Gasteiger partial charge in [-0.25, -0.2) is 4.98 Å². The van der Waals surface area contributed by atoms with E-state index in [0.29, 0.717) is 12.2 Å². The molecular formula is C26H30N4O3. The molecule has 2 aromatic heterocycles. The monoisotopic (exact) mass is 446 g/mol. The van der Waals surface area contributed by atoms with Gasteiger partial charge in [0.2, 0.25) is 0 Å². The van der Waals surface area contributed by atoms with Crippen LogP contribution in [0.1, 0.15) is 35.6 Å². The number of piperidine rings is 1. The first-order chi connectivity index (χ1) is 16.1. The molecule has 4 rings (SSSR count). The summed E-state index contributed by atoms with van der Waals surface area (Å²) >= 11 is 0. The molecule has 1 aliphatic heterocycles. The van der Waals surface area contributed by atoms with Gasteiger partial charge >= 0.3 is 0 Å². The van der Waals surface area contributed by atoms with Gasteiger partial charge in [0.1, 0.15) is 5.82 Å². The molecule has 172 valence electrons. The van der Waals surface area contributed by atoms with E-state index >= 15 is 0 Å². The van der Waals surface area contributed by atoms with Gasteiger partial charge in [0.05, 0.1) is 19.9 Å². The zero-order valence-corrected chi connectivity index (χ0v) is 19.2. The van der Waals surface area contributed by atoms with Gasteiger partial charge in [-0.3, -0.25) is 14.7 Å². The van der Waals surface area contributed by atoms with Crippen molar-refractivity contribution in [1.29, 1.82) is 0 Å². The van der Waals surface area contributed by atoms with Crippen molar-refractivity contribution in [3.63, 3.8) is 0 Å². The lowest BCUT2D eigenvalue weighted by Crippen LogP contribution is -2.34. The molecule has 0 bridgehead atoms. The third-order valence-corrected chi connectivity index (χ3v) is 6.01. The topological polar surface area (TPSA) is 80.3 Å². The van der Waals surface area contributed by atoms with E-state index in [2.05, 4.69) is 27.5 Å². The van der Waals surface area contributed by atoms with Crippen LogP contribution in [0.3, 0.4) is 0 Å². The molecule has 1 N–H and O–H groups in total. The van der Waals surface area contributed by atoms with Crippen molar-refractivity contribution < 1.29 is 9.47 Å². The number of H-pyrrole nitrogens is 1. The highest BCUT2D eigenvalue weighted by molar-refractivity contribution is 5.53. The summed E-state index contributed by atoms with van der Waals surface area (Å²) in [6.45, 7) is 6.50. The summed E-state index contributed by atoms with van der Waals surface area (Å²) < 4.78 is 11.1. The molecule has 0 radical (unpaired) electrons. The number of nitrogens with zero attached hydrogens (tertiary/aromatic N) is 3. The standard InChI is InChI=1S/C26H30N4O3/c1-4-7-19-12-18(13-23(32-2)25(19)33-3)16-30-11-6-9-21(17-30)22-14-24(31)29-26(28-22)20-8-5-10-27-15-20/h4-5,8,10,12-15,21H,1,6-7,9,11,16-17H2,2-3H3,(H,28,29,31). The molecule has 3 aromatic rings. The fraction of sp³-hybridized carbons (Fsp3) is 0.346. The van der Waals surface area contributed by atoms with Crippen LogP contribution in [0.15, 0.2) is 60.2 Å². The molecule has 1 atom stereocenters. The van der Waals surface area contributed by atoms with Crippen LogP contribution in [0.2, 0.25) is 0 Å². The Morgan fingerprint density at radius 1 is 1.27 bits per heavy atom. The summed E-state index contributed by atoms with van der Waals surface area (Å²) in [6.07, 6.45) is 8.06. The van der Waals surface area contributed by atoms with Crippen molar-refractivity contribution in [3.8, 4) is 22.9 Å². The molecule has 0 amide bonds. The Morgan fingerprint density at radius 2 is 2.15 bits per heavy atom. The fourth-order valence-electron chi connectivity index (χ4n) is 4.53. The zero-order valence-electron chi connectivity index (χ0n) is 19.2. The van der Waals surface area contributed by atoms with Gasteiger partial charge in [0.25, 0.3) is 5.56 Å². The summed E-state index contributed by atoms with van der Waals surface area (Å²) in [5.41, 5.74) is 3.74. The molecule has 1 aromatic carbocycles. The largest absolute Gasteiger partial charge is 0.493 e. The quantitative estimate of drug-likeness (QED) is 0.528. The molecule has 0 aliphatic carbocycles. The number of hydrogen-bond donors (Lipinski definition) is 1. The summed E-state index contributed by atoms with van der Waals surface area (Å²) in [6, 6.07) is 9.58. The highest BCUT2D eigenvalue weighted by Crippen LogP contribution is 2.34. The molecule has 1 fully saturated rings. The number of benzene rings is 1. The van der Waals surface area contributed by atoms with Gasteiger partial charge in [-0.2, -0.15) is 0 Å². The van der Waals surface area contributed by atoms with Gasteiger partial charge in [-0.1, -0.05) is 12.1 Å². The van der Waals surface area contributed by atoms with Crippen molar-refractivity contribution in [2.45, 2.75) is 31.7 Å². The van der Waals surface area contributed by atoms with Crippen molar-refractivity contribution in [2.75, 3.05) is 27.3 Å². The average molecular weight is 447 g/mol. The van der Waals surface area contributed by atoms with Crippen molar-refractivity contribution in [1.82, 2.24) is 19.9 Å². The van der Waals surface area contributed by atoms with Crippen molar-refractivity contribution in [3.05, 3.63) is 82.6 Å².